The predicted molar refractivity (Wildman–Crippen MR) is 109 cm³/mol. The van der Waals surface area contributed by atoms with Gasteiger partial charge in [-0.25, -0.2) is 4.98 Å². The molecule has 142 valence electrons. The maximum atomic E-state index is 12.4. The van der Waals surface area contributed by atoms with Crippen LogP contribution in [0.4, 0.5) is 5.95 Å². The summed E-state index contributed by atoms with van der Waals surface area (Å²) in [6, 6.07) is 7.54. The fourth-order valence-corrected chi connectivity index (χ4v) is 3.04. The van der Waals surface area contributed by atoms with Gasteiger partial charge in [0.05, 0.1) is 5.69 Å². The highest BCUT2D eigenvalue weighted by Gasteiger charge is 2.09. The highest BCUT2D eigenvalue weighted by Crippen LogP contribution is 2.13. The number of benzene rings is 1. The van der Waals surface area contributed by atoms with Crippen LogP contribution in [0.3, 0.4) is 0 Å². The Kier molecular flexibility index (Phi) is 8.13. The Bertz CT molecular complexity index is 738. The van der Waals surface area contributed by atoms with E-state index in [1.165, 1.54) is 0 Å². The number of hydrogen-bond acceptors (Lipinski definition) is 4. The largest absolute Gasteiger partial charge is 0.356 e. The number of aryl methyl sites for hydroxylation is 1. The van der Waals surface area contributed by atoms with Crippen molar-refractivity contribution >= 4 is 17.5 Å². The summed E-state index contributed by atoms with van der Waals surface area (Å²) in [5.41, 5.74) is 2.41. The molecule has 0 fully saturated rings. The van der Waals surface area contributed by atoms with Crippen LogP contribution in [0.25, 0.3) is 0 Å². The molecule has 0 aliphatic carbocycles. The lowest BCUT2D eigenvalue weighted by Crippen LogP contribution is -2.24. The second kappa shape index (κ2) is 10.3. The van der Waals surface area contributed by atoms with Crippen LogP contribution in [0.5, 0.6) is 0 Å². The highest BCUT2D eigenvalue weighted by molar-refractivity contribution is 6.30. The van der Waals surface area contributed by atoms with Crippen molar-refractivity contribution in [3.8, 4) is 0 Å². The van der Waals surface area contributed by atoms with Crippen LogP contribution in [0.2, 0.25) is 5.02 Å². The summed E-state index contributed by atoms with van der Waals surface area (Å²) in [5, 5.41) is 3.92. The first kappa shape index (κ1) is 20.5. The maximum Gasteiger partial charge on any atom is 0.256 e. The summed E-state index contributed by atoms with van der Waals surface area (Å²) in [7, 11) is 0. The predicted octanol–water partition coefficient (Wildman–Crippen LogP) is 3.86. The van der Waals surface area contributed by atoms with E-state index in [9.17, 15) is 4.79 Å². The average Bonchev–Trinajstić information content (AvgIpc) is 2.63. The monoisotopic (exact) mass is 376 g/mol. The van der Waals surface area contributed by atoms with Crippen LogP contribution >= 0.6 is 11.6 Å². The molecule has 26 heavy (non-hydrogen) atoms. The summed E-state index contributed by atoms with van der Waals surface area (Å²) < 4.78 is 0. The van der Waals surface area contributed by atoms with Gasteiger partial charge in [-0.3, -0.25) is 9.78 Å². The van der Waals surface area contributed by atoms with E-state index in [1.54, 1.807) is 0 Å². The minimum atomic E-state index is -0.0851. The van der Waals surface area contributed by atoms with Gasteiger partial charge in [0, 0.05) is 23.6 Å². The Morgan fingerprint density at radius 1 is 1.15 bits per heavy atom. The van der Waals surface area contributed by atoms with Crippen molar-refractivity contribution in [2.24, 2.45) is 0 Å². The summed E-state index contributed by atoms with van der Waals surface area (Å²) in [6.07, 6.45) is 2.73. The number of hydrogen-bond donors (Lipinski definition) is 2. The number of aromatic nitrogens is 2. The van der Waals surface area contributed by atoms with E-state index in [4.69, 9.17) is 11.6 Å². The van der Waals surface area contributed by atoms with Crippen molar-refractivity contribution < 1.29 is 0 Å². The van der Waals surface area contributed by atoms with Crippen molar-refractivity contribution in [3.05, 3.63) is 56.5 Å². The fraction of sp³-hybridized carbons (Fsp3) is 0.500. The number of anilines is 1. The molecule has 1 aromatic carbocycles. The first-order valence-corrected chi connectivity index (χ1v) is 9.71. The van der Waals surface area contributed by atoms with Crippen molar-refractivity contribution in [1.82, 2.24) is 14.9 Å². The molecule has 0 amide bonds. The molecule has 2 rings (SSSR count). The summed E-state index contributed by atoms with van der Waals surface area (Å²) in [6.45, 7) is 10.3. The molecule has 5 nitrogen and oxygen atoms in total. The lowest BCUT2D eigenvalue weighted by atomic mass is 10.1. The summed E-state index contributed by atoms with van der Waals surface area (Å²) >= 11 is 5.91. The van der Waals surface area contributed by atoms with Crippen LogP contribution in [-0.4, -0.2) is 41.0 Å². The van der Waals surface area contributed by atoms with Crippen molar-refractivity contribution in [1.29, 1.82) is 0 Å². The van der Waals surface area contributed by atoms with E-state index in [2.05, 4.69) is 34.0 Å². The van der Waals surface area contributed by atoms with Crippen molar-refractivity contribution in [2.75, 3.05) is 31.5 Å². The molecule has 0 saturated heterocycles. The lowest BCUT2D eigenvalue weighted by Gasteiger charge is -2.17. The van der Waals surface area contributed by atoms with Gasteiger partial charge in [0.15, 0.2) is 0 Å². The molecule has 0 aliphatic rings. The average molecular weight is 377 g/mol. The van der Waals surface area contributed by atoms with Crippen LogP contribution in [0.15, 0.2) is 29.1 Å². The quantitative estimate of drug-likeness (QED) is 0.618. The van der Waals surface area contributed by atoms with Gasteiger partial charge in [-0.05, 0) is 57.1 Å². The molecule has 1 heterocycles. The van der Waals surface area contributed by atoms with Crippen LogP contribution in [-0.2, 0) is 6.42 Å². The van der Waals surface area contributed by atoms with Crippen LogP contribution in [0.1, 0.15) is 43.5 Å². The second-order valence-corrected chi connectivity index (χ2v) is 6.88. The van der Waals surface area contributed by atoms with Crippen LogP contribution < -0.4 is 10.9 Å². The summed E-state index contributed by atoms with van der Waals surface area (Å²) in [4.78, 5) is 22.2. The molecule has 0 atom stereocenters. The van der Waals surface area contributed by atoms with Gasteiger partial charge in [0.2, 0.25) is 5.95 Å². The summed E-state index contributed by atoms with van der Waals surface area (Å²) in [5.74, 6) is 0.551. The highest BCUT2D eigenvalue weighted by atomic mass is 35.5. The molecular formula is C20H29ClN4O. The number of nitrogens with one attached hydrogen (secondary N) is 2. The standard InChI is InChI=1S/C20H29ClN4O/c1-4-25(5-2)13-7-6-12-22-20-23-15(3)18(19(26)24-20)14-16-8-10-17(21)11-9-16/h8-11H,4-7,12-14H2,1-3H3,(H2,22,23,24,26). The third-order valence-corrected chi connectivity index (χ3v) is 4.86. The molecule has 0 aliphatic heterocycles. The molecular weight excluding hydrogens is 348 g/mol. The Hall–Kier alpha value is -1.85. The van der Waals surface area contributed by atoms with Crippen LogP contribution in [0, 0.1) is 6.92 Å². The van der Waals surface area contributed by atoms with Crippen molar-refractivity contribution in [2.45, 2.75) is 40.0 Å². The van der Waals surface area contributed by atoms with Gasteiger partial charge in [-0.15, -0.1) is 0 Å². The fourth-order valence-electron chi connectivity index (χ4n) is 2.92. The van der Waals surface area contributed by atoms with Gasteiger partial charge >= 0.3 is 0 Å². The van der Waals surface area contributed by atoms with E-state index in [0.29, 0.717) is 23.0 Å². The zero-order chi connectivity index (χ0) is 18.9. The molecule has 2 N–H and O–H groups in total. The van der Waals surface area contributed by atoms with Gasteiger partial charge in [-0.2, -0.15) is 0 Å². The normalized spacial score (nSPS) is 11.1. The van der Waals surface area contributed by atoms with Gasteiger partial charge < -0.3 is 10.2 Å². The van der Waals surface area contributed by atoms with E-state index in [1.807, 2.05) is 31.2 Å². The Morgan fingerprint density at radius 2 is 1.85 bits per heavy atom. The minimum Gasteiger partial charge on any atom is -0.356 e. The minimum absolute atomic E-state index is 0.0851. The molecule has 0 radical (unpaired) electrons. The number of aromatic amines is 1. The Morgan fingerprint density at radius 3 is 2.46 bits per heavy atom. The first-order valence-electron chi connectivity index (χ1n) is 9.34. The molecule has 6 heteroatoms. The molecule has 0 bridgehead atoms. The molecule has 0 saturated carbocycles. The van der Waals surface area contributed by atoms with Gasteiger partial charge in [-0.1, -0.05) is 37.6 Å². The first-order chi connectivity index (χ1) is 12.5. The number of halogens is 1. The SMILES string of the molecule is CCN(CC)CCCCNc1nc(C)c(Cc2ccc(Cl)cc2)c(=O)[nH]1. The Balaban J connectivity index is 1.90. The van der Waals surface area contributed by atoms with Gasteiger partial charge in [0.25, 0.3) is 5.56 Å². The topological polar surface area (TPSA) is 61.0 Å². The van der Waals surface area contributed by atoms with Gasteiger partial charge in [0.1, 0.15) is 0 Å². The molecule has 1 aromatic heterocycles. The molecule has 0 unspecified atom stereocenters. The number of unbranched alkanes of at least 4 members (excludes halogenated alkanes) is 1. The Labute approximate surface area is 160 Å². The molecule has 2 aromatic rings. The zero-order valence-corrected chi connectivity index (χ0v) is 16.7. The third-order valence-electron chi connectivity index (χ3n) is 4.60. The molecule has 0 spiro atoms. The third kappa shape index (κ3) is 6.15. The smallest absolute Gasteiger partial charge is 0.256 e. The number of rotatable bonds is 10. The lowest BCUT2D eigenvalue weighted by molar-refractivity contribution is 0.298. The number of H-pyrrole nitrogens is 1. The zero-order valence-electron chi connectivity index (χ0n) is 15.9. The van der Waals surface area contributed by atoms with Crippen molar-refractivity contribution in [3.63, 3.8) is 0 Å². The van der Waals surface area contributed by atoms with E-state index >= 15 is 0 Å². The van der Waals surface area contributed by atoms with E-state index in [-0.39, 0.29) is 5.56 Å². The van der Waals surface area contributed by atoms with E-state index in [0.717, 1.165) is 50.3 Å². The second-order valence-electron chi connectivity index (χ2n) is 6.44. The number of nitrogens with zero attached hydrogens (tertiary/aromatic N) is 2. The van der Waals surface area contributed by atoms with E-state index < -0.39 is 0 Å². The maximum absolute atomic E-state index is 12.4.